The third kappa shape index (κ3) is 2.51. The van der Waals surface area contributed by atoms with E-state index in [-0.39, 0.29) is 12.5 Å². The first-order chi connectivity index (χ1) is 10.1. The fourth-order valence-electron chi connectivity index (χ4n) is 3.02. The fourth-order valence-corrected chi connectivity index (χ4v) is 4.17. The minimum atomic E-state index is 0.0357. The van der Waals surface area contributed by atoms with Gasteiger partial charge in [-0.15, -0.1) is 11.3 Å². The lowest BCUT2D eigenvalue weighted by atomic mass is 10.1. The summed E-state index contributed by atoms with van der Waals surface area (Å²) in [6.07, 6.45) is 1.74. The molecule has 1 aromatic carbocycles. The zero-order valence-electron chi connectivity index (χ0n) is 12.1. The molecule has 0 aliphatic carbocycles. The number of aryl methyl sites for hydroxylation is 1. The molecule has 3 N–H and O–H groups in total. The quantitative estimate of drug-likeness (QED) is 0.916. The van der Waals surface area contributed by atoms with Crippen molar-refractivity contribution in [2.24, 2.45) is 5.92 Å². The summed E-state index contributed by atoms with van der Waals surface area (Å²) >= 11 is 1.49. The summed E-state index contributed by atoms with van der Waals surface area (Å²) in [5.41, 5.74) is 7.95. The van der Waals surface area contributed by atoms with E-state index in [1.165, 1.54) is 11.3 Å². The Balaban J connectivity index is 1.89. The minimum absolute atomic E-state index is 0.0357. The molecule has 5 heteroatoms. The first-order valence-corrected chi connectivity index (χ1v) is 8.11. The van der Waals surface area contributed by atoms with E-state index in [0.717, 1.165) is 41.6 Å². The molecule has 112 valence electrons. The van der Waals surface area contributed by atoms with Crippen LogP contribution in [-0.4, -0.2) is 35.6 Å². The van der Waals surface area contributed by atoms with Crippen LogP contribution in [0.2, 0.25) is 0 Å². The van der Waals surface area contributed by atoms with E-state index < -0.39 is 0 Å². The number of nitrogens with zero attached hydrogens (tertiary/aromatic N) is 1. The molecule has 1 saturated heterocycles. The van der Waals surface area contributed by atoms with Crippen LogP contribution in [0.4, 0.5) is 5.69 Å². The maximum Gasteiger partial charge on any atom is 0.266 e. The third-order valence-corrected chi connectivity index (χ3v) is 5.60. The maximum absolute atomic E-state index is 12.7. The second-order valence-electron chi connectivity index (χ2n) is 5.71. The van der Waals surface area contributed by atoms with Crippen LogP contribution in [0.1, 0.15) is 28.1 Å². The van der Waals surface area contributed by atoms with Gasteiger partial charge in [0.2, 0.25) is 0 Å². The SMILES string of the molecule is Cc1cccc2c(N)c(C(=O)N3CCC(CCO)C3)sc12. The van der Waals surface area contributed by atoms with Crippen molar-refractivity contribution < 1.29 is 9.90 Å². The number of thiophene rings is 1. The van der Waals surface area contributed by atoms with Crippen molar-refractivity contribution >= 4 is 33.0 Å². The number of carbonyl (C=O) groups excluding carboxylic acids is 1. The molecule has 1 fully saturated rings. The number of hydrogen-bond acceptors (Lipinski definition) is 4. The molecule has 0 spiro atoms. The molecule has 1 aliphatic rings. The zero-order valence-corrected chi connectivity index (χ0v) is 12.9. The van der Waals surface area contributed by atoms with Crippen LogP contribution in [0.3, 0.4) is 0 Å². The number of fused-ring (bicyclic) bond motifs is 1. The van der Waals surface area contributed by atoms with E-state index in [9.17, 15) is 4.79 Å². The Bertz CT molecular complexity index is 680. The lowest BCUT2D eigenvalue weighted by Gasteiger charge is -2.15. The normalized spacial score (nSPS) is 18.6. The van der Waals surface area contributed by atoms with Crippen molar-refractivity contribution in [3.05, 3.63) is 28.6 Å². The summed E-state index contributed by atoms with van der Waals surface area (Å²) in [6, 6.07) is 5.99. The monoisotopic (exact) mass is 304 g/mol. The third-order valence-electron chi connectivity index (χ3n) is 4.26. The first kappa shape index (κ1) is 14.4. The number of nitrogens with two attached hydrogens (primary N) is 1. The van der Waals surface area contributed by atoms with Crippen LogP contribution in [-0.2, 0) is 0 Å². The van der Waals surface area contributed by atoms with E-state index in [2.05, 4.69) is 0 Å². The second-order valence-corrected chi connectivity index (χ2v) is 6.74. The number of amides is 1. The fraction of sp³-hybridized carbons (Fsp3) is 0.438. The van der Waals surface area contributed by atoms with Crippen molar-refractivity contribution in [2.45, 2.75) is 19.8 Å². The highest BCUT2D eigenvalue weighted by molar-refractivity contribution is 7.21. The zero-order chi connectivity index (χ0) is 15.0. The van der Waals surface area contributed by atoms with Gasteiger partial charge in [0.1, 0.15) is 4.88 Å². The van der Waals surface area contributed by atoms with Crippen molar-refractivity contribution in [1.82, 2.24) is 4.90 Å². The average molecular weight is 304 g/mol. The topological polar surface area (TPSA) is 66.6 Å². The first-order valence-electron chi connectivity index (χ1n) is 7.29. The molecule has 3 rings (SSSR count). The minimum Gasteiger partial charge on any atom is -0.397 e. The molecular formula is C16H20N2O2S. The summed E-state index contributed by atoms with van der Waals surface area (Å²) in [7, 11) is 0. The van der Waals surface area contributed by atoms with Gasteiger partial charge in [-0.3, -0.25) is 4.79 Å². The summed E-state index contributed by atoms with van der Waals surface area (Å²) in [5, 5.41) is 10.00. The lowest BCUT2D eigenvalue weighted by Crippen LogP contribution is -2.28. The van der Waals surface area contributed by atoms with Gasteiger partial charge in [0.05, 0.1) is 5.69 Å². The molecular weight excluding hydrogens is 284 g/mol. The van der Waals surface area contributed by atoms with Crippen LogP contribution < -0.4 is 5.73 Å². The molecule has 2 heterocycles. The Morgan fingerprint density at radius 2 is 2.33 bits per heavy atom. The number of benzene rings is 1. The molecule has 1 amide bonds. The Morgan fingerprint density at radius 1 is 1.52 bits per heavy atom. The summed E-state index contributed by atoms with van der Waals surface area (Å²) in [6.45, 7) is 3.72. The molecule has 4 nitrogen and oxygen atoms in total. The van der Waals surface area contributed by atoms with E-state index in [1.807, 2.05) is 30.0 Å². The standard InChI is InChI=1S/C16H20N2O2S/c1-10-3-2-4-12-13(17)15(21-14(10)12)16(20)18-7-5-11(9-18)6-8-19/h2-4,11,19H,5-9,17H2,1H3. The molecule has 1 atom stereocenters. The van der Waals surface area contributed by atoms with Gasteiger partial charge in [-0.1, -0.05) is 18.2 Å². The van der Waals surface area contributed by atoms with Gasteiger partial charge in [-0.05, 0) is 31.2 Å². The smallest absolute Gasteiger partial charge is 0.266 e. The van der Waals surface area contributed by atoms with Gasteiger partial charge in [0, 0.05) is 29.8 Å². The Morgan fingerprint density at radius 3 is 3.05 bits per heavy atom. The van der Waals surface area contributed by atoms with Gasteiger partial charge in [-0.25, -0.2) is 0 Å². The predicted octanol–water partition coefficient (Wildman–Crippen LogP) is 2.64. The number of likely N-dealkylation sites (tertiary alicyclic amines) is 1. The number of anilines is 1. The van der Waals surface area contributed by atoms with E-state index >= 15 is 0 Å². The number of carbonyl (C=O) groups is 1. The van der Waals surface area contributed by atoms with Crippen LogP contribution in [0, 0.1) is 12.8 Å². The molecule has 1 aromatic heterocycles. The van der Waals surface area contributed by atoms with Crippen LogP contribution >= 0.6 is 11.3 Å². The van der Waals surface area contributed by atoms with Crippen molar-refractivity contribution in [2.75, 3.05) is 25.4 Å². The highest BCUT2D eigenvalue weighted by atomic mass is 32.1. The lowest BCUT2D eigenvalue weighted by molar-refractivity contribution is 0.0790. The number of nitrogen functional groups attached to an aromatic ring is 1. The van der Waals surface area contributed by atoms with E-state index in [1.54, 1.807) is 0 Å². The molecule has 1 aliphatic heterocycles. The maximum atomic E-state index is 12.7. The van der Waals surface area contributed by atoms with Crippen LogP contribution in [0.15, 0.2) is 18.2 Å². The summed E-state index contributed by atoms with van der Waals surface area (Å²) in [5.74, 6) is 0.449. The second kappa shape index (κ2) is 5.66. The molecule has 0 saturated carbocycles. The number of aliphatic hydroxyl groups is 1. The van der Waals surface area contributed by atoms with E-state index in [0.29, 0.717) is 16.5 Å². The predicted molar refractivity (Wildman–Crippen MR) is 86.7 cm³/mol. The van der Waals surface area contributed by atoms with Crippen molar-refractivity contribution in [3.8, 4) is 0 Å². The molecule has 2 aromatic rings. The Labute approximate surface area is 128 Å². The van der Waals surface area contributed by atoms with Crippen LogP contribution in [0.5, 0.6) is 0 Å². The van der Waals surface area contributed by atoms with Gasteiger partial charge in [0.15, 0.2) is 0 Å². The van der Waals surface area contributed by atoms with Gasteiger partial charge >= 0.3 is 0 Å². The molecule has 1 unspecified atom stereocenters. The van der Waals surface area contributed by atoms with Crippen molar-refractivity contribution in [1.29, 1.82) is 0 Å². The van der Waals surface area contributed by atoms with Gasteiger partial charge < -0.3 is 15.7 Å². The molecule has 0 radical (unpaired) electrons. The number of hydrogen-bond donors (Lipinski definition) is 2. The highest BCUT2D eigenvalue weighted by Gasteiger charge is 2.29. The van der Waals surface area contributed by atoms with Crippen molar-refractivity contribution in [3.63, 3.8) is 0 Å². The summed E-state index contributed by atoms with van der Waals surface area (Å²) in [4.78, 5) is 15.2. The van der Waals surface area contributed by atoms with Crippen LogP contribution in [0.25, 0.3) is 10.1 Å². The molecule has 0 bridgehead atoms. The Hall–Kier alpha value is -1.59. The summed E-state index contributed by atoms with van der Waals surface area (Å²) < 4.78 is 1.10. The highest BCUT2D eigenvalue weighted by Crippen LogP contribution is 2.37. The van der Waals surface area contributed by atoms with Gasteiger partial charge in [0.25, 0.3) is 5.91 Å². The average Bonchev–Trinajstić information content (AvgIpc) is 3.06. The Kier molecular flexibility index (Phi) is 3.87. The van der Waals surface area contributed by atoms with E-state index in [4.69, 9.17) is 10.8 Å². The molecule has 21 heavy (non-hydrogen) atoms. The number of rotatable bonds is 3. The largest absolute Gasteiger partial charge is 0.397 e. The number of aliphatic hydroxyl groups excluding tert-OH is 1. The van der Waals surface area contributed by atoms with Gasteiger partial charge in [-0.2, -0.15) is 0 Å².